The van der Waals surface area contributed by atoms with Crippen LogP contribution >= 0.6 is 23.2 Å². The Bertz CT molecular complexity index is 550. The topological polar surface area (TPSA) is 38.0 Å². The molecule has 0 aliphatic carbocycles. The minimum Gasteiger partial charge on any atom is -0.377 e. The molecule has 0 spiro atoms. The second kappa shape index (κ2) is 6.29. The van der Waals surface area contributed by atoms with E-state index in [1.165, 1.54) is 0 Å². The zero-order valence-corrected chi connectivity index (χ0v) is 12.2. The zero-order chi connectivity index (χ0) is 13.8. The first-order chi connectivity index (χ1) is 9.13. The highest BCUT2D eigenvalue weighted by Crippen LogP contribution is 2.32. The van der Waals surface area contributed by atoms with Crippen LogP contribution in [0.5, 0.6) is 0 Å². The van der Waals surface area contributed by atoms with Gasteiger partial charge in [-0.15, -0.1) is 0 Å². The van der Waals surface area contributed by atoms with Crippen molar-refractivity contribution in [1.82, 2.24) is 0 Å². The highest BCUT2D eigenvalue weighted by atomic mass is 35.5. The number of anilines is 1. The predicted molar refractivity (Wildman–Crippen MR) is 83.1 cm³/mol. The second-order valence-corrected chi connectivity index (χ2v) is 5.20. The molecule has 0 aliphatic rings. The molecule has 0 aromatic heterocycles. The number of benzene rings is 2. The van der Waals surface area contributed by atoms with Crippen molar-refractivity contribution in [3.63, 3.8) is 0 Å². The first kappa shape index (κ1) is 14.2. The van der Waals surface area contributed by atoms with Gasteiger partial charge in [-0.2, -0.15) is 0 Å². The lowest BCUT2D eigenvalue weighted by atomic mass is 10.1. The molecule has 2 rings (SSSR count). The van der Waals surface area contributed by atoms with Gasteiger partial charge in [-0.1, -0.05) is 47.5 Å². The van der Waals surface area contributed by atoms with Crippen LogP contribution in [-0.4, -0.2) is 6.54 Å². The van der Waals surface area contributed by atoms with E-state index in [-0.39, 0.29) is 6.04 Å². The van der Waals surface area contributed by atoms with Gasteiger partial charge in [0.15, 0.2) is 0 Å². The van der Waals surface area contributed by atoms with Gasteiger partial charge in [0.1, 0.15) is 0 Å². The summed E-state index contributed by atoms with van der Waals surface area (Å²) in [5.74, 6) is 0. The molecule has 2 aromatic carbocycles. The standard InChI is InChI=1S/C15H16Cl2N2/c1-10-5-2-3-8-13(10)19-14(9-18)15-11(16)6-4-7-12(15)17/h2-8,14,19H,9,18H2,1H3. The van der Waals surface area contributed by atoms with Gasteiger partial charge in [-0.25, -0.2) is 0 Å². The van der Waals surface area contributed by atoms with E-state index in [0.717, 1.165) is 16.8 Å². The van der Waals surface area contributed by atoms with Crippen molar-refractivity contribution in [2.45, 2.75) is 13.0 Å². The maximum Gasteiger partial charge on any atom is 0.0665 e. The summed E-state index contributed by atoms with van der Waals surface area (Å²) in [6.45, 7) is 2.46. The molecule has 2 nitrogen and oxygen atoms in total. The molecule has 0 aliphatic heterocycles. The lowest BCUT2D eigenvalue weighted by Gasteiger charge is -2.22. The summed E-state index contributed by atoms with van der Waals surface area (Å²) in [6.07, 6.45) is 0. The lowest BCUT2D eigenvalue weighted by molar-refractivity contribution is 0.789. The Kier molecular flexibility index (Phi) is 4.70. The summed E-state index contributed by atoms with van der Waals surface area (Å²) < 4.78 is 0. The molecule has 3 N–H and O–H groups in total. The minimum atomic E-state index is -0.109. The van der Waals surface area contributed by atoms with Crippen LogP contribution in [0.25, 0.3) is 0 Å². The zero-order valence-electron chi connectivity index (χ0n) is 10.7. The number of nitrogens with two attached hydrogens (primary N) is 1. The van der Waals surface area contributed by atoms with Crippen LogP contribution < -0.4 is 11.1 Å². The molecule has 0 heterocycles. The maximum atomic E-state index is 6.23. The monoisotopic (exact) mass is 294 g/mol. The van der Waals surface area contributed by atoms with Crippen molar-refractivity contribution in [1.29, 1.82) is 0 Å². The third kappa shape index (κ3) is 3.21. The van der Waals surface area contributed by atoms with Crippen molar-refractivity contribution in [2.75, 3.05) is 11.9 Å². The van der Waals surface area contributed by atoms with Crippen molar-refractivity contribution < 1.29 is 0 Å². The minimum absolute atomic E-state index is 0.109. The Morgan fingerprint density at radius 3 is 2.26 bits per heavy atom. The Balaban J connectivity index is 2.34. The molecular formula is C15H16Cl2N2. The summed E-state index contributed by atoms with van der Waals surface area (Å²) in [6, 6.07) is 13.4. The van der Waals surface area contributed by atoms with Crippen LogP contribution in [0, 0.1) is 6.92 Å². The van der Waals surface area contributed by atoms with Gasteiger partial charge < -0.3 is 11.1 Å². The normalized spacial score (nSPS) is 12.2. The highest BCUT2D eigenvalue weighted by molar-refractivity contribution is 6.36. The van der Waals surface area contributed by atoms with Gasteiger partial charge in [-0.05, 0) is 30.7 Å². The molecule has 0 radical (unpaired) electrons. The third-order valence-electron chi connectivity index (χ3n) is 3.06. The first-order valence-electron chi connectivity index (χ1n) is 6.09. The van der Waals surface area contributed by atoms with Crippen LogP contribution in [-0.2, 0) is 0 Å². The van der Waals surface area contributed by atoms with E-state index in [0.29, 0.717) is 16.6 Å². The van der Waals surface area contributed by atoms with Crippen molar-refractivity contribution in [3.8, 4) is 0 Å². The average molecular weight is 295 g/mol. The van der Waals surface area contributed by atoms with Gasteiger partial charge in [-0.3, -0.25) is 0 Å². The molecule has 0 saturated carbocycles. The van der Waals surface area contributed by atoms with Crippen LogP contribution in [0.4, 0.5) is 5.69 Å². The van der Waals surface area contributed by atoms with Crippen LogP contribution in [0.1, 0.15) is 17.2 Å². The van der Waals surface area contributed by atoms with Gasteiger partial charge in [0.2, 0.25) is 0 Å². The van der Waals surface area contributed by atoms with E-state index < -0.39 is 0 Å². The summed E-state index contributed by atoms with van der Waals surface area (Å²) in [4.78, 5) is 0. The largest absolute Gasteiger partial charge is 0.377 e. The summed E-state index contributed by atoms with van der Waals surface area (Å²) in [5, 5.41) is 4.66. The molecule has 0 saturated heterocycles. The SMILES string of the molecule is Cc1ccccc1NC(CN)c1c(Cl)cccc1Cl. The van der Waals surface area contributed by atoms with E-state index in [2.05, 4.69) is 5.32 Å². The Morgan fingerprint density at radius 1 is 1.05 bits per heavy atom. The summed E-state index contributed by atoms with van der Waals surface area (Å²) >= 11 is 12.5. The van der Waals surface area contributed by atoms with Gasteiger partial charge in [0.05, 0.1) is 6.04 Å². The molecule has 2 aromatic rings. The van der Waals surface area contributed by atoms with Gasteiger partial charge >= 0.3 is 0 Å². The molecular weight excluding hydrogens is 279 g/mol. The number of nitrogens with one attached hydrogen (secondary N) is 1. The second-order valence-electron chi connectivity index (χ2n) is 4.38. The van der Waals surface area contributed by atoms with Crippen LogP contribution in [0.15, 0.2) is 42.5 Å². The molecule has 1 atom stereocenters. The van der Waals surface area contributed by atoms with Gasteiger partial charge in [0.25, 0.3) is 0 Å². The highest BCUT2D eigenvalue weighted by Gasteiger charge is 2.17. The Morgan fingerprint density at radius 2 is 1.68 bits per heavy atom. The summed E-state index contributed by atoms with van der Waals surface area (Å²) in [7, 11) is 0. The fraction of sp³-hybridized carbons (Fsp3) is 0.200. The number of rotatable bonds is 4. The molecule has 100 valence electrons. The van der Waals surface area contributed by atoms with E-state index in [9.17, 15) is 0 Å². The van der Waals surface area contributed by atoms with Crippen molar-refractivity contribution >= 4 is 28.9 Å². The third-order valence-corrected chi connectivity index (χ3v) is 3.72. The van der Waals surface area contributed by atoms with Crippen molar-refractivity contribution in [2.24, 2.45) is 5.73 Å². The van der Waals surface area contributed by atoms with E-state index in [4.69, 9.17) is 28.9 Å². The number of hydrogen-bond acceptors (Lipinski definition) is 2. The molecule has 19 heavy (non-hydrogen) atoms. The fourth-order valence-corrected chi connectivity index (χ4v) is 2.68. The predicted octanol–water partition coefficient (Wildman–Crippen LogP) is 4.41. The lowest BCUT2D eigenvalue weighted by Crippen LogP contribution is -2.21. The van der Waals surface area contributed by atoms with Crippen LogP contribution in [0.3, 0.4) is 0 Å². The molecule has 0 fully saturated rings. The maximum absolute atomic E-state index is 6.23. The number of aryl methyl sites for hydroxylation is 1. The smallest absolute Gasteiger partial charge is 0.0665 e. The Hall–Kier alpha value is -1.22. The molecule has 1 unspecified atom stereocenters. The fourth-order valence-electron chi connectivity index (χ4n) is 2.02. The van der Waals surface area contributed by atoms with E-state index in [1.807, 2.05) is 49.4 Å². The summed E-state index contributed by atoms with van der Waals surface area (Å²) in [5.41, 5.74) is 8.90. The number of hydrogen-bond donors (Lipinski definition) is 2. The van der Waals surface area contributed by atoms with Crippen LogP contribution in [0.2, 0.25) is 10.0 Å². The number of halogens is 2. The first-order valence-corrected chi connectivity index (χ1v) is 6.85. The number of para-hydroxylation sites is 1. The molecule has 0 amide bonds. The quantitative estimate of drug-likeness (QED) is 0.876. The van der Waals surface area contributed by atoms with Gasteiger partial charge in [0, 0.05) is 27.8 Å². The average Bonchev–Trinajstić information content (AvgIpc) is 2.39. The van der Waals surface area contributed by atoms with E-state index >= 15 is 0 Å². The van der Waals surface area contributed by atoms with Crippen molar-refractivity contribution in [3.05, 3.63) is 63.6 Å². The molecule has 0 bridgehead atoms. The van der Waals surface area contributed by atoms with E-state index in [1.54, 1.807) is 0 Å². The Labute approximate surface area is 123 Å². The molecule has 4 heteroatoms.